The average Bonchev–Trinajstić information content (AvgIpc) is 2.37. The minimum Gasteiger partial charge on any atom is -0.496 e. The molecule has 0 atom stereocenters. The van der Waals surface area contributed by atoms with Crippen LogP contribution < -0.4 is 10.3 Å². The molecule has 0 bridgehead atoms. The Morgan fingerprint density at radius 2 is 2.00 bits per heavy atom. The maximum absolute atomic E-state index is 11.9. The van der Waals surface area contributed by atoms with Crippen molar-refractivity contribution >= 4 is 11.6 Å². The number of halogens is 1. The molecule has 0 radical (unpaired) electrons. The molecule has 2 aromatic rings. The molecule has 0 aliphatic carbocycles. The molecule has 0 saturated heterocycles. The average molecular weight is 293 g/mol. The van der Waals surface area contributed by atoms with Gasteiger partial charge in [-0.1, -0.05) is 38.4 Å². The third-order valence-electron chi connectivity index (χ3n) is 3.11. The highest BCUT2D eigenvalue weighted by atomic mass is 35.5. The summed E-state index contributed by atoms with van der Waals surface area (Å²) in [6.07, 6.45) is 1.43. The van der Waals surface area contributed by atoms with Crippen LogP contribution in [0.25, 0.3) is 11.1 Å². The van der Waals surface area contributed by atoms with Crippen molar-refractivity contribution in [2.45, 2.75) is 26.2 Å². The van der Waals surface area contributed by atoms with Crippen molar-refractivity contribution in [1.29, 1.82) is 0 Å². The van der Waals surface area contributed by atoms with E-state index in [9.17, 15) is 4.79 Å². The molecule has 0 unspecified atom stereocenters. The van der Waals surface area contributed by atoms with Crippen LogP contribution in [0.3, 0.4) is 0 Å². The van der Waals surface area contributed by atoms with Crippen molar-refractivity contribution in [3.05, 3.63) is 45.3 Å². The molecule has 1 aromatic heterocycles. The van der Waals surface area contributed by atoms with Gasteiger partial charge in [0.1, 0.15) is 5.75 Å². The number of aromatic amines is 1. The van der Waals surface area contributed by atoms with Gasteiger partial charge in [0.15, 0.2) is 0 Å². The van der Waals surface area contributed by atoms with Crippen LogP contribution in [0.2, 0.25) is 5.02 Å². The second-order valence-corrected chi connectivity index (χ2v) is 5.99. The van der Waals surface area contributed by atoms with Crippen LogP contribution in [0.5, 0.6) is 5.75 Å². The van der Waals surface area contributed by atoms with E-state index in [1.807, 2.05) is 18.2 Å². The lowest BCUT2D eigenvalue weighted by molar-refractivity contribution is 0.397. The Morgan fingerprint density at radius 1 is 1.30 bits per heavy atom. The minimum atomic E-state index is -0.303. The molecule has 0 fully saturated rings. The van der Waals surface area contributed by atoms with Crippen molar-refractivity contribution in [1.82, 2.24) is 10.2 Å². The van der Waals surface area contributed by atoms with Crippen molar-refractivity contribution in [3.63, 3.8) is 0 Å². The number of benzene rings is 1. The third kappa shape index (κ3) is 2.70. The summed E-state index contributed by atoms with van der Waals surface area (Å²) in [5, 5.41) is 6.42. The van der Waals surface area contributed by atoms with Gasteiger partial charge in [-0.05, 0) is 23.1 Å². The fourth-order valence-corrected chi connectivity index (χ4v) is 2.34. The van der Waals surface area contributed by atoms with E-state index in [1.54, 1.807) is 7.11 Å². The number of hydrogen-bond acceptors (Lipinski definition) is 3. The standard InChI is InChI=1S/C15H17ClN2O2/c1-15(2,3)10-7-9(5-6-12(10)20-4)13-11(16)8-17-18-14(13)19/h5-8H,1-4H3,(H,18,19). The van der Waals surface area contributed by atoms with Crippen LogP contribution in [0.4, 0.5) is 0 Å². The molecule has 5 heteroatoms. The molecule has 0 amide bonds. The summed E-state index contributed by atoms with van der Waals surface area (Å²) in [4.78, 5) is 11.9. The van der Waals surface area contributed by atoms with E-state index in [0.717, 1.165) is 16.9 Å². The number of rotatable bonds is 2. The SMILES string of the molecule is COc1ccc(-c2c(Cl)cn[nH]c2=O)cc1C(C)(C)C. The van der Waals surface area contributed by atoms with E-state index < -0.39 is 0 Å². The Balaban J connectivity index is 2.69. The lowest BCUT2D eigenvalue weighted by Gasteiger charge is -2.23. The number of ether oxygens (including phenoxy) is 1. The van der Waals surface area contributed by atoms with E-state index in [4.69, 9.17) is 16.3 Å². The summed E-state index contributed by atoms with van der Waals surface area (Å²) in [5.74, 6) is 0.794. The Hall–Kier alpha value is -1.81. The largest absolute Gasteiger partial charge is 0.496 e. The molecule has 1 heterocycles. The number of aromatic nitrogens is 2. The molecule has 2 rings (SSSR count). The van der Waals surface area contributed by atoms with E-state index in [0.29, 0.717) is 10.6 Å². The Morgan fingerprint density at radius 3 is 2.55 bits per heavy atom. The van der Waals surface area contributed by atoms with Gasteiger partial charge >= 0.3 is 0 Å². The molecule has 0 aliphatic heterocycles. The lowest BCUT2D eigenvalue weighted by atomic mass is 9.84. The Labute approximate surface area is 122 Å². The molecule has 0 aliphatic rings. The highest BCUT2D eigenvalue weighted by Gasteiger charge is 2.20. The van der Waals surface area contributed by atoms with Gasteiger partial charge in [0.2, 0.25) is 0 Å². The number of methoxy groups -OCH3 is 1. The molecule has 1 N–H and O–H groups in total. The van der Waals surface area contributed by atoms with Crippen LogP contribution in [-0.2, 0) is 5.41 Å². The van der Waals surface area contributed by atoms with Gasteiger partial charge in [-0.2, -0.15) is 5.10 Å². The monoisotopic (exact) mass is 292 g/mol. The maximum atomic E-state index is 11.9. The first kappa shape index (κ1) is 14.6. The second-order valence-electron chi connectivity index (χ2n) is 5.59. The highest BCUT2D eigenvalue weighted by molar-refractivity contribution is 6.33. The molecule has 4 nitrogen and oxygen atoms in total. The fourth-order valence-electron chi connectivity index (χ4n) is 2.10. The zero-order valence-electron chi connectivity index (χ0n) is 12.0. The zero-order valence-corrected chi connectivity index (χ0v) is 12.7. The van der Waals surface area contributed by atoms with Crippen LogP contribution in [0.1, 0.15) is 26.3 Å². The quantitative estimate of drug-likeness (QED) is 0.923. The smallest absolute Gasteiger partial charge is 0.273 e. The van der Waals surface area contributed by atoms with Gasteiger partial charge in [-0.25, -0.2) is 5.10 Å². The van der Waals surface area contributed by atoms with Crippen molar-refractivity contribution in [2.75, 3.05) is 7.11 Å². The van der Waals surface area contributed by atoms with E-state index in [1.165, 1.54) is 6.20 Å². The molecular formula is C15H17ClN2O2. The van der Waals surface area contributed by atoms with Crippen LogP contribution >= 0.6 is 11.6 Å². The molecule has 20 heavy (non-hydrogen) atoms. The summed E-state index contributed by atoms with van der Waals surface area (Å²) < 4.78 is 5.39. The lowest BCUT2D eigenvalue weighted by Crippen LogP contribution is -2.14. The van der Waals surface area contributed by atoms with Gasteiger partial charge in [0, 0.05) is 5.56 Å². The van der Waals surface area contributed by atoms with Crippen molar-refractivity contribution < 1.29 is 4.74 Å². The van der Waals surface area contributed by atoms with Crippen LogP contribution in [0, 0.1) is 0 Å². The summed E-state index contributed by atoms with van der Waals surface area (Å²) >= 11 is 6.09. The normalized spacial score (nSPS) is 11.4. The number of H-pyrrole nitrogens is 1. The van der Waals surface area contributed by atoms with E-state index in [2.05, 4.69) is 31.0 Å². The molecule has 0 spiro atoms. The first-order chi connectivity index (χ1) is 9.34. The third-order valence-corrected chi connectivity index (χ3v) is 3.39. The minimum absolute atomic E-state index is 0.104. The summed E-state index contributed by atoms with van der Waals surface area (Å²) in [5.41, 5.74) is 1.79. The van der Waals surface area contributed by atoms with E-state index in [-0.39, 0.29) is 11.0 Å². The topological polar surface area (TPSA) is 55.0 Å². The number of nitrogens with one attached hydrogen (secondary N) is 1. The Kier molecular flexibility index (Phi) is 3.86. The maximum Gasteiger partial charge on any atom is 0.273 e. The van der Waals surface area contributed by atoms with Crippen LogP contribution in [0.15, 0.2) is 29.2 Å². The van der Waals surface area contributed by atoms with Gasteiger partial charge in [-0.15, -0.1) is 0 Å². The molecule has 0 saturated carbocycles. The van der Waals surface area contributed by atoms with Gasteiger partial charge in [-0.3, -0.25) is 4.79 Å². The highest BCUT2D eigenvalue weighted by Crippen LogP contribution is 2.35. The molecular weight excluding hydrogens is 276 g/mol. The van der Waals surface area contributed by atoms with Gasteiger partial charge < -0.3 is 4.74 Å². The van der Waals surface area contributed by atoms with E-state index >= 15 is 0 Å². The summed E-state index contributed by atoms with van der Waals surface area (Å²) in [7, 11) is 1.64. The summed E-state index contributed by atoms with van der Waals surface area (Å²) in [6.45, 7) is 6.27. The Bertz CT molecular complexity index is 687. The van der Waals surface area contributed by atoms with Gasteiger partial charge in [0.25, 0.3) is 5.56 Å². The first-order valence-corrected chi connectivity index (χ1v) is 6.64. The predicted molar refractivity (Wildman–Crippen MR) is 80.6 cm³/mol. The number of nitrogens with zero attached hydrogens (tertiary/aromatic N) is 1. The molecule has 106 valence electrons. The molecule has 1 aromatic carbocycles. The van der Waals surface area contributed by atoms with Crippen LogP contribution in [-0.4, -0.2) is 17.3 Å². The summed E-state index contributed by atoms with van der Waals surface area (Å²) in [6, 6.07) is 5.62. The van der Waals surface area contributed by atoms with Crippen molar-refractivity contribution in [3.8, 4) is 16.9 Å². The predicted octanol–water partition coefficient (Wildman–Crippen LogP) is 3.40. The van der Waals surface area contributed by atoms with Crippen molar-refractivity contribution in [2.24, 2.45) is 0 Å². The van der Waals surface area contributed by atoms with Gasteiger partial charge in [0.05, 0.1) is 23.9 Å². The first-order valence-electron chi connectivity index (χ1n) is 6.26. The second kappa shape index (κ2) is 5.29. The zero-order chi connectivity index (χ0) is 14.9. The number of hydrogen-bond donors (Lipinski definition) is 1. The fraction of sp³-hybridized carbons (Fsp3) is 0.333.